The van der Waals surface area contributed by atoms with Crippen LogP contribution in [-0.2, 0) is 10.5 Å². The second-order valence-electron chi connectivity index (χ2n) is 5.54. The van der Waals surface area contributed by atoms with Crippen LogP contribution in [0.1, 0.15) is 12.5 Å². The van der Waals surface area contributed by atoms with Crippen molar-refractivity contribution in [3.63, 3.8) is 0 Å². The minimum absolute atomic E-state index is 0.107. The van der Waals surface area contributed by atoms with Crippen LogP contribution in [0.2, 0.25) is 0 Å². The number of carbonyl (C=O) groups is 1. The van der Waals surface area contributed by atoms with Crippen molar-refractivity contribution in [1.82, 2.24) is 10.2 Å². The molecule has 28 heavy (non-hydrogen) atoms. The Morgan fingerprint density at radius 3 is 2.43 bits per heavy atom. The minimum Gasteiger partial charge on any atom is -0.494 e. The highest BCUT2D eigenvalue weighted by atomic mass is 32.2. The van der Waals surface area contributed by atoms with Gasteiger partial charge in [0, 0.05) is 11.4 Å². The Morgan fingerprint density at radius 1 is 1.07 bits per heavy atom. The van der Waals surface area contributed by atoms with Crippen LogP contribution in [-0.4, -0.2) is 28.5 Å². The van der Waals surface area contributed by atoms with E-state index in [1.807, 2.05) is 31.2 Å². The van der Waals surface area contributed by atoms with Crippen molar-refractivity contribution in [2.24, 2.45) is 0 Å². The monoisotopic (exact) mass is 435 g/mol. The summed E-state index contributed by atoms with van der Waals surface area (Å²) in [5, 5.41) is 11.1. The zero-order valence-corrected chi connectivity index (χ0v) is 17.5. The van der Waals surface area contributed by atoms with E-state index in [9.17, 15) is 9.18 Å². The molecule has 1 amide bonds. The number of nitrogens with zero attached hydrogens (tertiary/aromatic N) is 2. The first-order valence-corrected chi connectivity index (χ1v) is 11.3. The van der Waals surface area contributed by atoms with Gasteiger partial charge in [0.2, 0.25) is 5.91 Å². The molecule has 0 unspecified atom stereocenters. The normalized spacial score (nSPS) is 10.6. The molecule has 0 bridgehead atoms. The maximum Gasteiger partial charge on any atom is 0.234 e. The van der Waals surface area contributed by atoms with Gasteiger partial charge in [-0.25, -0.2) is 4.39 Å². The molecule has 0 saturated heterocycles. The van der Waals surface area contributed by atoms with Gasteiger partial charge in [0.15, 0.2) is 8.68 Å². The van der Waals surface area contributed by atoms with Gasteiger partial charge in [0.1, 0.15) is 11.6 Å². The average molecular weight is 436 g/mol. The predicted octanol–water partition coefficient (Wildman–Crippen LogP) is 5.10. The van der Waals surface area contributed by atoms with E-state index in [0.717, 1.165) is 25.7 Å². The molecular weight excluding hydrogens is 417 g/mol. The first-order chi connectivity index (χ1) is 13.6. The molecule has 146 valence electrons. The number of rotatable bonds is 9. The number of ether oxygens (including phenoxy) is 1. The van der Waals surface area contributed by atoms with E-state index in [2.05, 4.69) is 15.5 Å². The minimum atomic E-state index is -0.244. The molecule has 0 aliphatic carbocycles. The fourth-order valence-electron chi connectivity index (χ4n) is 2.17. The standard InChI is InChI=1S/C19H18FN3O2S3/c1-2-25-16-9-7-15(8-10-16)21-17(24)12-27-19-23-22-18(28-19)26-11-13-3-5-14(20)6-4-13/h3-10H,2,11-12H2,1H3,(H,21,24). The molecule has 0 saturated carbocycles. The number of anilines is 1. The largest absolute Gasteiger partial charge is 0.494 e. The van der Waals surface area contributed by atoms with Crippen molar-refractivity contribution >= 4 is 46.5 Å². The highest BCUT2D eigenvalue weighted by Crippen LogP contribution is 2.30. The number of carbonyl (C=O) groups excluding carboxylic acids is 1. The summed E-state index contributed by atoms with van der Waals surface area (Å²) in [6, 6.07) is 13.7. The molecular formula is C19H18FN3O2S3. The number of nitrogens with one attached hydrogen (secondary N) is 1. The Hall–Kier alpha value is -2.10. The Balaban J connectivity index is 1.43. The van der Waals surface area contributed by atoms with Crippen LogP contribution in [0.15, 0.2) is 57.2 Å². The Morgan fingerprint density at radius 2 is 1.75 bits per heavy atom. The van der Waals surface area contributed by atoms with Gasteiger partial charge in [-0.2, -0.15) is 0 Å². The van der Waals surface area contributed by atoms with Crippen LogP contribution >= 0.6 is 34.9 Å². The number of hydrogen-bond acceptors (Lipinski definition) is 7. The Labute approximate surface area is 175 Å². The van der Waals surface area contributed by atoms with E-state index in [4.69, 9.17) is 4.74 Å². The number of hydrogen-bond donors (Lipinski definition) is 1. The summed E-state index contributed by atoms with van der Waals surface area (Å²) in [5.74, 6) is 1.37. The van der Waals surface area contributed by atoms with Crippen molar-refractivity contribution in [2.45, 2.75) is 21.4 Å². The summed E-state index contributed by atoms with van der Waals surface area (Å²) < 4.78 is 19.9. The van der Waals surface area contributed by atoms with Gasteiger partial charge in [0.25, 0.3) is 0 Å². The zero-order chi connectivity index (χ0) is 19.8. The molecule has 1 N–H and O–H groups in total. The molecule has 5 nitrogen and oxygen atoms in total. The summed E-state index contributed by atoms with van der Waals surface area (Å²) in [4.78, 5) is 12.1. The topological polar surface area (TPSA) is 64.1 Å². The van der Waals surface area contributed by atoms with Crippen molar-refractivity contribution in [2.75, 3.05) is 17.7 Å². The van der Waals surface area contributed by atoms with E-state index in [1.54, 1.807) is 12.1 Å². The molecule has 0 spiro atoms. The molecule has 0 aliphatic heterocycles. The van der Waals surface area contributed by atoms with Gasteiger partial charge < -0.3 is 10.1 Å². The van der Waals surface area contributed by atoms with Gasteiger partial charge in [-0.1, -0.05) is 47.0 Å². The number of thioether (sulfide) groups is 2. The molecule has 0 atom stereocenters. The highest BCUT2D eigenvalue weighted by molar-refractivity contribution is 8.03. The fourth-order valence-corrected chi connectivity index (χ4v) is 4.94. The van der Waals surface area contributed by atoms with Crippen LogP contribution < -0.4 is 10.1 Å². The zero-order valence-electron chi connectivity index (χ0n) is 15.1. The fraction of sp³-hybridized carbons (Fsp3) is 0.211. The Kier molecular flexibility index (Phi) is 7.70. The molecule has 1 heterocycles. The smallest absolute Gasteiger partial charge is 0.234 e. The van der Waals surface area contributed by atoms with Crippen molar-refractivity contribution in [3.05, 3.63) is 59.9 Å². The van der Waals surface area contributed by atoms with Crippen LogP contribution in [0, 0.1) is 5.82 Å². The molecule has 3 rings (SSSR count). The maximum absolute atomic E-state index is 12.9. The van der Waals surface area contributed by atoms with Crippen molar-refractivity contribution in [3.8, 4) is 5.75 Å². The summed E-state index contributed by atoms with van der Waals surface area (Å²) in [6.07, 6.45) is 0. The van der Waals surface area contributed by atoms with Crippen LogP contribution in [0.5, 0.6) is 5.75 Å². The number of halogens is 1. The summed E-state index contributed by atoms with van der Waals surface area (Å²) in [5.41, 5.74) is 1.74. The molecule has 0 fully saturated rings. The van der Waals surface area contributed by atoms with Crippen LogP contribution in [0.4, 0.5) is 10.1 Å². The SMILES string of the molecule is CCOc1ccc(NC(=O)CSc2nnc(SCc3ccc(F)cc3)s2)cc1. The third kappa shape index (κ3) is 6.50. The lowest BCUT2D eigenvalue weighted by atomic mass is 10.2. The molecule has 1 aromatic heterocycles. The summed E-state index contributed by atoms with van der Waals surface area (Å²) in [6.45, 7) is 2.53. The lowest BCUT2D eigenvalue weighted by molar-refractivity contribution is -0.113. The number of aromatic nitrogens is 2. The van der Waals surface area contributed by atoms with Crippen LogP contribution in [0.3, 0.4) is 0 Å². The van der Waals surface area contributed by atoms with Crippen LogP contribution in [0.25, 0.3) is 0 Å². The predicted molar refractivity (Wildman–Crippen MR) is 113 cm³/mol. The first kappa shape index (κ1) is 20.6. The quantitative estimate of drug-likeness (QED) is 0.472. The highest BCUT2D eigenvalue weighted by Gasteiger charge is 2.09. The third-order valence-electron chi connectivity index (χ3n) is 3.44. The lowest BCUT2D eigenvalue weighted by Gasteiger charge is -2.06. The average Bonchev–Trinajstić information content (AvgIpc) is 3.16. The third-order valence-corrected chi connectivity index (χ3v) is 6.70. The summed E-state index contributed by atoms with van der Waals surface area (Å²) in [7, 11) is 0. The molecule has 3 aromatic rings. The first-order valence-electron chi connectivity index (χ1n) is 8.48. The molecule has 0 aliphatic rings. The van der Waals surface area contributed by atoms with Gasteiger partial charge in [0.05, 0.1) is 12.4 Å². The summed E-state index contributed by atoms with van der Waals surface area (Å²) >= 11 is 4.33. The van der Waals surface area contributed by atoms with E-state index >= 15 is 0 Å². The molecule has 0 radical (unpaired) electrons. The lowest BCUT2D eigenvalue weighted by Crippen LogP contribution is -2.13. The maximum atomic E-state index is 12.9. The molecule has 9 heteroatoms. The Bertz CT molecular complexity index is 902. The van der Waals surface area contributed by atoms with Gasteiger partial charge in [-0.15, -0.1) is 10.2 Å². The van der Waals surface area contributed by atoms with Crippen molar-refractivity contribution < 1.29 is 13.9 Å². The second-order valence-corrected chi connectivity index (χ2v) is 8.97. The van der Waals surface area contributed by atoms with E-state index in [-0.39, 0.29) is 17.5 Å². The number of benzene rings is 2. The van der Waals surface area contributed by atoms with E-state index in [1.165, 1.54) is 47.0 Å². The number of amides is 1. The van der Waals surface area contributed by atoms with E-state index < -0.39 is 0 Å². The van der Waals surface area contributed by atoms with E-state index in [0.29, 0.717) is 12.4 Å². The second kappa shape index (κ2) is 10.4. The van der Waals surface area contributed by atoms with Gasteiger partial charge in [-0.3, -0.25) is 4.79 Å². The van der Waals surface area contributed by atoms with Gasteiger partial charge in [-0.05, 0) is 48.9 Å². The molecule has 2 aromatic carbocycles. The van der Waals surface area contributed by atoms with Crippen molar-refractivity contribution in [1.29, 1.82) is 0 Å². The van der Waals surface area contributed by atoms with Gasteiger partial charge >= 0.3 is 0 Å².